The molecule has 0 radical (unpaired) electrons. The molecule has 0 spiro atoms. The van der Waals surface area contributed by atoms with Gasteiger partial charge in [-0.25, -0.2) is 4.98 Å². The van der Waals surface area contributed by atoms with Crippen LogP contribution in [0.4, 0.5) is 0 Å². The first kappa shape index (κ1) is 9.71. The van der Waals surface area contributed by atoms with Crippen LogP contribution < -0.4 is 4.74 Å². The number of hydrogen-bond acceptors (Lipinski definition) is 5. The summed E-state index contributed by atoms with van der Waals surface area (Å²) in [5, 5.41) is 4.05. The number of aromatic nitrogens is 5. The Morgan fingerprint density at radius 3 is 3.12 bits per heavy atom. The fraction of sp³-hybridized carbons (Fsp3) is 0.0909. The van der Waals surface area contributed by atoms with Crippen molar-refractivity contribution in [3.05, 3.63) is 42.6 Å². The van der Waals surface area contributed by atoms with Crippen molar-refractivity contribution in [3.8, 4) is 11.6 Å². The number of rotatable bonds is 2. The average Bonchev–Trinajstić information content (AvgIpc) is 2.78. The molecule has 84 valence electrons. The van der Waals surface area contributed by atoms with Crippen LogP contribution in [0.2, 0.25) is 0 Å². The summed E-state index contributed by atoms with van der Waals surface area (Å²) in [7, 11) is 0. The lowest BCUT2D eigenvalue weighted by molar-refractivity contribution is 0.443. The van der Waals surface area contributed by atoms with Crippen LogP contribution in [-0.4, -0.2) is 24.6 Å². The maximum Gasteiger partial charge on any atom is 0.255 e. The number of nitrogens with zero attached hydrogens (tertiary/aromatic N) is 5. The SMILES string of the molecule is Cc1cc(Oc2cccnc2)n2ncnc2n1. The van der Waals surface area contributed by atoms with E-state index in [1.807, 2.05) is 19.1 Å². The maximum absolute atomic E-state index is 5.69. The van der Waals surface area contributed by atoms with Gasteiger partial charge in [0.15, 0.2) is 0 Å². The van der Waals surface area contributed by atoms with Gasteiger partial charge in [0.1, 0.15) is 12.1 Å². The minimum absolute atomic E-state index is 0.517. The van der Waals surface area contributed by atoms with Crippen molar-refractivity contribution in [2.24, 2.45) is 0 Å². The second-order valence-electron chi connectivity index (χ2n) is 3.50. The highest BCUT2D eigenvalue weighted by atomic mass is 16.5. The normalized spacial score (nSPS) is 10.6. The zero-order chi connectivity index (χ0) is 11.7. The predicted molar refractivity (Wildman–Crippen MR) is 59.8 cm³/mol. The zero-order valence-electron chi connectivity index (χ0n) is 9.11. The molecule has 6 nitrogen and oxygen atoms in total. The summed E-state index contributed by atoms with van der Waals surface area (Å²) in [6.45, 7) is 1.88. The Hall–Kier alpha value is -2.50. The fourth-order valence-electron chi connectivity index (χ4n) is 1.50. The zero-order valence-corrected chi connectivity index (χ0v) is 9.11. The Bertz CT molecular complexity index is 649. The van der Waals surface area contributed by atoms with E-state index in [2.05, 4.69) is 20.1 Å². The molecule has 3 aromatic rings. The Morgan fingerprint density at radius 2 is 2.29 bits per heavy atom. The largest absolute Gasteiger partial charge is 0.437 e. The molecule has 0 bridgehead atoms. The van der Waals surface area contributed by atoms with Gasteiger partial charge >= 0.3 is 0 Å². The number of fused-ring (bicyclic) bond motifs is 1. The number of aryl methyl sites for hydroxylation is 1. The molecule has 0 aromatic carbocycles. The molecule has 0 saturated heterocycles. The highest BCUT2D eigenvalue weighted by Gasteiger charge is 2.07. The van der Waals surface area contributed by atoms with Crippen LogP contribution in [0.1, 0.15) is 5.69 Å². The highest BCUT2D eigenvalue weighted by Crippen LogP contribution is 2.20. The maximum atomic E-state index is 5.69. The molecule has 17 heavy (non-hydrogen) atoms. The number of ether oxygens (including phenoxy) is 1. The van der Waals surface area contributed by atoms with E-state index in [0.717, 1.165) is 5.69 Å². The molecular weight excluding hydrogens is 218 g/mol. The molecular formula is C11H9N5O. The lowest BCUT2D eigenvalue weighted by Gasteiger charge is -2.06. The molecule has 0 N–H and O–H groups in total. The third-order valence-electron chi connectivity index (χ3n) is 2.20. The van der Waals surface area contributed by atoms with Gasteiger partial charge < -0.3 is 4.74 Å². The monoisotopic (exact) mass is 227 g/mol. The Labute approximate surface area is 96.9 Å². The number of pyridine rings is 1. The van der Waals surface area contributed by atoms with Crippen molar-refractivity contribution in [2.45, 2.75) is 6.92 Å². The van der Waals surface area contributed by atoms with Crippen molar-refractivity contribution in [3.63, 3.8) is 0 Å². The molecule has 0 saturated carbocycles. The van der Waals surface area contributed by atoms with E-state index in [1.54, 1.807) is 23.0 Å². The van der Waals surface area contributed by atoms with Gasteiger partial charge in [-0.1, -0.05) is 0 Å². The fourth-order valence-corrected chi connectivity index (χ4v) is 1.50. The Morgan fingerprint density at radius 1 is 1.35 bits per heavy atom. The summed E-state index contributed by atoms with van der Waals surface area (Å²) in [6.07, 6.45) is 4.77. The molecule has 0 aliphatic rings. The molecule has 0 aliphatic carbocycles. The molecule has 0 amide bonds. The van der Waals surface area contributed by atoms with Gasteiger partial charge in [-0.05, 0) is 19.1 Å². The molecule has 3 rings (SSSR count). The van der Waals surface area contributed by atoms with Crippen LogP contribution in [0.3, 0.4) is 0 Å². The summed E-state index contributed by atoms with van der Waals surface area (Å²) < 4.78 is 7.23. The van der Waals surface area contributed by atoms with Crippen molar-refractivity contribution in [2.75, 3.05) is 0 Å². The van der Waals surface area contributed by atoms with Crippen molar-refractivity contribution < 1.29 is 4.74 Å². The second kappa shape index (κ2) is 3.82. The van der Waals surface area contributed by atoms with E-state index in [4.69, 9.17) is 4.74 Å². The first-order chi connectivity index (χ1) is 8.33. The molecule has 3 heterocycles. The van der Waals surface area contributed by atoms with Crippen molar-refractivity contribution in [1.29, 1.82) is 0 Å². The standard InChI is InChI=1S/C11H9N5O/c1-8-5-10(16-11(15-8)13-7-14-16)17-9-3-2-4-12-6-9/h2-7H,1H3. The summed E-state index contributed by atoms with van der Waals surface area (Å²) in [6, 6.07) is 5.43. The summed E-state index contributed by atoms with van der Waals surface area (Å²) >= 11 is 0. The van der Waals surface area contributed by atoms with Gasteiger partial charge in [0.2, 0.25) is 5.88 Å². The van der Waals surface area contributed by atoms with Gasteiger partial charge in [-0.3, -0.25) is 4.98 Å². The van der Waals surface area contributed by atoms with Crippen molar-refractivity contribution in [1.82, 2.24) is 24.6 Å². The average molecular weight is 227 g/mol. The van der Waals surface area contributed by atoms with Crippen LogP contribution in [0.15, 0.2) is 36.9 Å². The van der Waals surface area contributed by atoms with Gasteiger partial charge in [-0.15, -0.1) is 0 Å². The van der Waals surface area contributed by atoms with E-state index in [0.29, 0.717) is 17.4 Å². The topological polar surface area (TPSA) is 65.2 Å². The molecule has 3 aromatic heterocycles. The lowest BCUT2D eigenvalue weighted by Crippen LogP contribution is -1.99. The molecule has 0 aliphatic heterocycles. The first-order valence-corrected chi connectivity index (χ1v) is 5.08. The molecule has 0 unspecified atom stereocenters. The van der Waals surface area contributed by atoms with Crippen LogP contribution in [0.25, 0.3) is 5.78 Å². The molecule has 0 fully saturated rings. The van der Waals surface area contributed by atoms with Crippen LogP contribution in [0, 0.1) is 6.92 Å². The predicted octanol–water partition coefficient (Wildman–Crippen LogP) is 1.62. The minimum atomic E-state index is 0.517. The first-order valence-electron chi connectivity index (χ1n) is 5.08. The van der Waals surface area contributed by atoms with Crippen LogP contribution >= 0.6 is 0 Å². The van der Waals surface area contributed by atoms with E-state index in [1.165, 1.54) is 6.33 Å². The van der Waals surface area contributed by atoms with Crippen molar-refractivity contribution >= 4 is 5.78 Å². The minimum Gasteiger partial charge on any atom is -0.437 e. The summed E-state index contributed by atoms with van der Waals surface area (Å²) in [5.74, 6) is 1.73. The van der Waals surface area contributed by atoms with Gasteiger partial charge in [0.25, 0.3) is 5.78 Å². The van der Waals surface area contributed by atoms with Crippen LogP contribution in [-0.2, 0) is 0 Å². The quantitative estimate of drug-likeness (QED) is 0.665. The number of hydrogen-bond donors (Lipinski definition) is 0. The van der Waals surface area contributed by atoms with Gasteiger partial charge in [0, 0.05) is 18.0 Å². The van der Waals surface area contributed by atoms with Gasteiger partial charge in [0.05, 0.1) is 6.20 Å². The van der Waals surface area contributed by atoms with Crippen LogP contribution in [0.5, 0.6) is 11.6 Å². The highest BCUT2D eigenvalue weighted by molar-refractivity contribution is 5.34. The smallest absolute Gasteiger partial charge is 0.255 e. The second-order valence-corrected chi connectivity index (χ2v) is 3.50. The van der Waals surface area contributed by atoms with E-state index < -0.39 is 0 Å². The Balaban J connectivity index is 2.08. The molecule has 6 heteroatoms. The third-order valence-corrected chi connectivity index (χ3v) is 2.20. The molecule has 0 atom stereocenters. The third kappa shape index (κ3) is 1.80. The van der Waals surface area contributed by atoms with Gasteiger partial charge in [-0.2, -0.15) is 14.6 Å². The Kier molecular flexibility index (Phi) is 2.18. The summed E-state index contributed by atoms with van der Waals surface area (Å²) in [5.41, 5.74) is 0.824. The lowest BCUT2D eigenvalue weighted by atomic mass is 10.4. The van der Waals surface area contributed by atoms with E-state index >= 15 is 0 Å². The van der Waals surface area contributed by atoms with E-state index in [-0.39, 0.29) is 0 Å². The van der Waals surface area contributed by atoms with E-state index in [9.17, 15) is 0 Å². The summed E-state index contributed by atoms with van der Waals surface area (Å²) in [4.78, 5) is 12.2.